The molecule has 0 saturated carbocycles. The zero-order valence-corrected chi connectivity index (χ0v) is 8.99. The molecule has 1 aromatic rings. The Morgan fingerprint density at radius 2 is 2.13 bits per heavy atom. The van der Waals surface area contributed by atoms with Crippen LogP contribution in [0.4, 0.5) is 4.39 Å². The van der Waals surface area contributed by atoms with E-state index in [0.717, 1.165) is 6.07 Å². The summed E-state index contributed by atoms with van der Waals surface area (Å²) in [6.07, 6.45) is -0.0815. The molecule has 2 nitrogen and oxygen atoms in total. The van der Waals surface area contributed by atoms with Gasteiger partial charge in [-0.3, -0.25) is 4.79 Å². The largest absolute Gasteiger partial charge is 0.369 e. The van der Waals surface area contributed by atoms with Crippen molar-refractivity contribution in [1.29, 1.82) is 0 Å². The smallest absolute Gasteiger partial charge is 0.229 e. The first-order chi connectivity index (χ1) is 7.00. The van der Waals surface area contributed by atoms with Crippen LogP contribution in [0.5, 0.6) is 0 Å². The van der Waals surface area contributed by atoms with Crippen LogP contribution < -0.4 is 5.73 Å². The van der Waals surface area contributed by atoms with Gasteiger partial charge in [-0.05, 0) is 12.1 Å². The van der Waals surface area contributed by atoms with E-state index in [-0.39, 0.29) is 16.5 Å². The van der Waals surface area contributed by atoms with Crippen molar-refractivity contribution in [2.24, 2.45) is 5.73 Å². The first-order valence-electron chi connectivity index (χ1n) is 3.92. The maximum absolute atomic E-state index is 13.1. The van der Waals surface area contributed by atoms with Gasteiger partial charge < -0.3 is 5.73 Å². The second-order valence-electron chi connectivity index (χ2n) is 2.70. The molecule has 0 aliphatic rings. The zero-order chi connectivity index (χ0) is 11.4. The van der Waals surface area contributed by atoms with Gasteiger partial charge in [-0.25, -0.2) is 4.39 Å². The van der Waals surface area contributed by atoms with Gasteiger partial charge in [0.15, 0.2) is 0 Å². The minimum Gasteiger partial charge on any atom is -0.369 e. The van der Waals surface area contributed by atoms with E-state index >= 15 is 0 Å². The van der Waals surface area contributed by atoms with E-state index in [1.807, 2.05) is 0 Å². The number of nitrogens with two attached hydrogens (primary N) is 1. The Bertz CT molecular complexity index is 439. The molecule has 0 saturated heterocycles. The summed E-state index contributed by atoms with van der Waals surface area (Å²) >= 11 is 11.1. The van der Waals surface area contributed by atoms with Crippen LogP contribution in [-0.4, -0.2) is 5.91 Å². The van der Waals surface area contributed by atoms with Crippen molar-refractivity contribution in [3.05, 3.63) is 33.6 Å². The fourth-order valence-electron chi connectivity index (χ4n) is 0.861. The Kier molecular flexibility index (Phi) is 3.96. The fourth-order valence-corrected chi connectivity index (χ4v) is 1.18. The first-order valence-corrected chi connectivity index (χ1v) is 4.68. The van der Waals surface area contributed by atoms with E-state index in [1.165, 1.54) is 6.07 Å². The van der Waals surface area contributed by atoms with Crippen molar-refractivity contribution < 1.29 is 9.18 Å². The van der Waals surface area contributed by atoms with Crippen molar-refractivity contribution in [2.45, 2.75) is 6.42 Å². The van der Waals surface area contributed by atoms with Gasteiger partial charge in [0, 0.05) is 5.56 Å². The van der Waals surface area contributed by atoms with Crippen LogP contribution in [0.2, 0.25) is 10.0 Å². The predicted octanol–water partition coefficient (Wildman–Crippen LogP) is 2.36. The van der Waals surface area contributed by atoms with Crippen molar-refractivity contribution in [1.82, 2.24) is 0 Å². The van der Waals surface area contributed by atoms with E-state index in [0.29, 0.717) is 5.56 Å². The molecule has 0 unspecified atom stereocenters. The maximum Gasteiger partial charge on any atom is 0.229 e. The number of rotatable bonds is 1. The van der Waals surface area contributed by atoms with E-state index in [2.05, 4.69) is 11.8 Å². The Morgan fingerprint density at radius 1 is 1.47 bits per heavy atom. The minimum absolute atomic E-state index is 0.0815. The lowest BCUT2D eigenvalue weighted by molar-refractivity contribution is -0.117. The van der Waals surface area contributed by atoms with Crippen LogP contribution in [0.15, 0.2) is 12.1 Å². The quantitative estimate of drug-likeness (QED) is 0.599. The third-order valence-electron chi connectivity index (χ3n) is 1.48. The molecule has 1 rings (SSSR count). The maximum atomic E-state index is 13.1. The summed E-state index contributed by atoms with van der Waals surface area (Å²) in [4.78, 5) is 10.4. The Hall–Kier alpha value is -1.24. The highest BCUT2D eigenvalue weighted by Crippen LogP contribution is 2.25. The molecule has 0 atom stereocenters. The standard InChI is InChI=1S/C10H6Cl2FNO/c11-7-4-6(2-1-3-9(14)15)5-8(13)10(7)12/h4-5H,3H2,(H2,14,15). The number of carbonyl (C=O) groups is 1. The summed E-state index contributed by atoms with van der Waals surface area (Å²) in [6, 6.07) is 2.56. The zero-order valence-electron chi connectivity index (χ0n) is 7.48. The molecule has 0 radical (unpaired) electrons. The minimum atomic E-state index is -0.646. The van der Waals surface area contributed by atoms with Gasteiger partial charge in [0.1, 0.15) is 5.82 Å². The molecule has 2 N–H and O–H groups in total. The summed E-state index contributed by atoms with van der Waals surface area (Å²) in [7, 11) is 0. The fraction of sp³-hybridized carbons (Fsp3) is 0.100. The normalized spacial score (nSPS) is 9.27. The molecule has 0 spiro atoms. The van der Waals surface area contributed by atoms with Crippen LogP contribution in [-0.2, 0) is 4.79 Å². The highest BCUT2D eigenvalue weighted by atomic mass is 35.5. The van der Waals surface area contributed by atoms with Crippen molar-refractivity contribution >= 4 is 29.1 Å². The van der Waals surface area contributed by atoms with Gasteiger partial charge in [0.25, 0.3) is 0 Å². The highest BCUT2D eigenvalue weighted by molar-refractivity contribution is 6.42. The lowest BCUT2D eigenvalue weighted by Gasteiger charge is -1.97. The van der Waals surface area contributed by atoms with Crippen LogP contribution in [0, 0.1) is 17.7 Å². The molecular formula is C10H6Cl2FNO. The average molecular weight is 246 g/mol. The van der Waals surface area contributed by atoms with Gasteiger partial charge in [0.2, 0.25) is 5.91 Å². The van der Waals surface area contributed by atoms with E-state index in [1.54, 1.807) is 0 Å². The first kappa shape index (κ1) is 11.8. The summed E-state index contributed by atoms with van der Waals surface area (Å²) in [5.74, 6) is 3.85. The molecule has 0 aliphatic carbocycles. The molecule has 15 heavy (non-hydrogen) atoms. The lowest BCUT2D eigenvalue weighted by atomic mass is 10.2. The number of primary amides is 1. The van der Waals surface area contributed by atoms with Crippen molar-refractivity contribution in [3.8, 4) is 11.8 Å². The van der Waals surface area contributed by atoms with Gasteiger partial charge >= 0.3 is 0 Å². The van der Waals surface area contributed by atoms with E-state index < -0.39 is 11.7 Å². The van der Waals surface area contributed by atoms with E-state index in [4.69, 9.17) is 28.9 Å². The predicted molar refractivity (Wildman–Crippen MR) is 57.1 cm³/mol. The van der Waals surface area contributed by atoms with Crippen molar-refractivity contribution in [3.63, 3.8) is 0 Å². The Morgan fingerprint density at radius 3 is 2.67 bits per heavy atom. The van der Waals surface area contributed by atoms with Crippen LogP contribution in [0.25, 0.3) is 0 Å². The number of amides is 1. The molecule has 0 fully saturated rings. The molecule has 1 amide bonds. The monoisotopic (exact) mass is 245 g/mol. The topological polar surface area (TPSA) is 43.1 Å². The molecule has 0 aromatic heterocycles. The molecule has 78 valence electrons. The third-order valence-corrected chi connectivity index (χ3v) is 2.26. The van der Waals surface area contributed by atoms with Gasteiger partial charge in [0.05, 0.1) is 16.5 Å². The summed E-state index contributed by atoms with van der Waals surface area (Å²) < 4.78 is 13.1. The second kappa shape index (κ2) is 5.01. The second-order valence-corrected chi connectivity index (χ2v) is 3.48. The summed E-state index contributed by atoms with van der Waals surface area (Å²) in [5.41, 5.74) is 5.23. The van der Waals surface area contributed by atoms with Crippen LogP contribution in [0.1, 0.15) is 12.0 Å². The van der Waals surface area contributed by atoms with Gasteiger partial charge in [-0.15, -0.1) is 0 Å². The lowest BCUT2D eigenvalue weighted by Crippen LogP contribution is -2.08. The van der Waals surface area contributed by atoms with Crippen LogP contribution >= 0.6 is 23.2 Å². The average Bonchev–Trinajstić information content (AvgIpc) is 2.13. The number of hydrogen-bond donors (Lipinski definition) is 1. The van der Waals surface area contributed by atoms with Crippen LogP contribution in [0.3, 0.4) is 0 Å². The third kappa shape index (κ3) is 3.43. The number of halogens is 3. The number of benzene rings is 1. The summed E-state index contributed by atoms with van der Waals surface area (Å²) in [6.45, 7) is 0. The molecule has 0 bridgehead atoms. The number of hydrogen-bond acceptors (Lipinski definition) is 1. The Balaban J connectivity index is 2.95. The van der Waals surface area contributed by atoms with E-state index in [9.17, 15) is 9.18 Å². The van der Waals surface area contributed by atoms with Crippen molar-refractivity contribution in [2.75, 3.05) is 0 Å². The van der Waals surface area contributed by atoms with Gasteiger partial charge in [-0.2, -0.15) is 0 Å². The number of carbonyl (C=O) groups excluding carboxylic acids is 1. The molecular weight excluding hydrogens is 240 g/mol. The molecule has 0 aliphatic heterocycles. The van der Waals surface area contributed by atoms with Gasteiger partial charge in [-0.1, -0.05) is 35.0 Å². The summed E-state index contributed by atoms with van der Waals surface area (Å²) in [5, 5.41) is -0.0582. The molecule has 5 heteroatoms. The SMILES string of the molecule is NC(=O)CC#Cc1cc(F)c(Cl)c(Cl)c1. The molecule has 0 heterocycles. The Labute approximate surface area is 96.2 Å². The highest BCUT2D eigenvalue weighted by Gasteiger charge is 2.05. The molecule has 1 aromatic carbocycles.